The number of anilines is 1. The third-order valence-electron chi connectivity index (χ3n) is 3.30. The van der Waals surface area contributed by atoms with E-state index in [2.05, 4.69) is 10.6 Å². The Bertz CT molecular complexity index is 684. The maximum absolute atomic E-state index is 12.0. The van der Waals surface area contributed by atoms with Gasteiger partial charge in [-0.25, -0.2) is 0 Å². The van der Waals surface area contributed by atoms with Gasteiger partial charge in [0.15, 0.2) is 0 Å². The van der Waals surface area contributed by atoms with Gasteiger partial charge in [0, 0.05) is 29.2 Å². The van der Waals surface area contributed by atoms with E-state index in [0.717, 1.165) is 5.56 Å². The van der Waals surface area contributed by atoms with Crippen LogP contribution in [0.25, 0.3) is 0 Å². The topological polar surface area (TPSA) is 58.2 Å². The molecule has 0 aliphatic rings. The Morgan fingerprint density at radius 3 is 2.52 bits per heavy atom. The molecule has 0 aliphatic heterocycles. The lowest BCUT2D eigenvalue weighted by Crippen LogP contribution is -2.22. The van der Waals surface area contributed by atoms with Gasteiger partial charge in [-0.05, 0) is 49.2 Å². The Kier molecular flexibility index (Phi) is 6.18. The van der Waals surface area contributed by atoms with Gasteiger partial charge in [-0.15, -0.1) is 0 Å². The molecule has 120 valence electrons. The van der Waals surface area contributed by atoms with Crippen molar-refractivity contribution in [3.05, 3.63) is 64.7 Å². The first kappa shape index (κ1) is 17.0. The summed E-state index contributed by atoms with van der Waals surface area (Å²) in [6.07, 6.45) is 1.01. The fraction of sp³-hybridized carbons (Fsp3) is 0.222. The van der Waals surface area contributed by atoms with Crippen LogP contribution in [0.5, 0.6) is 0 Å². The number of nitrogens with one attached hydrogen (secondary N) is 2. The normalized spacial score (nSPS) is 10.2. The van der Waals surface area contributed by atoms with Crippen molar-refractivity contribution in [3.8, 4) is 0 Å². The van der Waals surface area contributed by atoms with E-state index in [1.807, 2.05) is 31.2 Å². The first-order chi connectivity index (χ1) is 11.1. The maximum Gasteiger partial charge on any atom is 0.251 e. The Morgan fingerprint density at radius 2 is 1.83 bits per heavy atom. The van der Waals surface area contributed by atoms with Gasteiger partial charge in [0.2, 0.25) is 5.91 Å². The average molecular weight is 331 g/mol. The van der Waals surface area contributed by atoms with Gasteiger partial charge in [-0.2, -0.15) is 0 Å². The van der Waals surface area contributed by atoms with Crippen molar-refractivity contribution in [3.63, 3.8) is 0 Å². The van der Waals surface area contributed by atoms with Gasteiger partial charge < -0.3 is 10.6 Å². The van der Waals surface area contributed by atoms with Crippen molar-refractivity contribution >= 4 is 29.1 Å². The van der Waals surface area contributed by atoms with Crippen molar-refractivity contribution in [2.45, 2.75) is 19.8 Å². The zero-order chi connectivity index (χ0) is 16.7. The molecule has 4 nitrogen and oxygen atoms in total. The molecule has 2 N–H and O–H groups in total. The molecule has 0 spiro atoms. The fourth-order valence-corrected chi connectivity index (χ4v) is 2.26. The highest BCUT2D eigenvalue weighted by Crippen LogP contribution is 2.13. The minimum Gasteiger partial charge on any atom is -0.352 e. The van der Waals surface area contributed by atoms with E-state index in [1.165, 1.54) is 0 Å². The molecule has 2 amide bonds. The summed E-state index contributed by atoms with van der Waals surface area (Å²) < 4.78 is 0. The lowest BCUT2D eigenvalue weighted by atomic mass is 10.1. The van der Waals surface area contributed by atoms with Gasteiger partial charge in [-0.1, -0.05) is 29.8 Å². The molecule has 2 aromatic carbocycles. The van der Waals surface area contributed by atoms with Gasteiger partial charge in [0.1, 0.15) is 0 Å². The molecule has 2 aromatic rings. The Balaban J connectivity index is 1.91. The molecule has 23 heavy (non-hydrogen) atoms. The molecule has 0 aliphatic carbocycles. The number of carbonyl (C=O) groups excluding carboxylic acids is 2. The molecule has 0 fully saturated rings. The molecule has 2 rings (SSSR count). The summed E-state index contributed by atoms with van der Waals surface area (Å²) >= 11 is 5.83. The second-order valence-corrected chi connectivity index (χ2v) is 5.55. The highest BCUT2D eigenvalue weighted by molar-refractivity contribution is 6.30. The lowest BCUT2D eigenvalue weighted by molar-refractivity contribution is -0.116. The molecule has 0 saturated carbocycles. The molecule has 0 radical (unpaired) electrons. The highest BCUT2D eigenvalue weighted by atomic mass is 35.5. The molecular formula is C18H19ClN2O2. The van der Waals surface area contributed by atoms with E-state index in [0.29, 0.717) is 35.7 Å². The number of carbonyl (C=O) groups is 2. The molecule has 5 heteroatoms. The van der Waals surface area contributed by atoms with Crippen LogP contribution in [0.2, 0.25) is 5.02 Å². The molecular weight excluding hydrogens is 312 g/mol. The third kappa shape index (κ3) is 5.42. The molecule has 0 atom stereocenters. The van der Waals surface area contributed by atoms with Gasteiger partial charge in [0.25, 0.3) is 5.91 Å². The Morgan fingerprint density at radius 1 is 1.09 bits per heavy atom. The van der Waals surface area contributed by atoms with E-state index in [-0.39, 0.29) is 11.8 Å². The summed E-state index contributed by atoms with van der Waals surface area (Å²) in [4.78, 5) is 23.8. The van der Waals surface area contributed by atoms with Crippen LogP contribution in [-0.2, 0) is 11.2 Å². The van der Waals surface area contributed by atoms with Gasteiger partial charge in [-0.3, -0.25) is 9.59 Å². The van der Waals surface area contributed by atoms with Crippen molar-refractivity contribution in [1.29, 1.82) is 0 Å². The van der Waals surface area contributed by atoms with E-state index >= 15 is 0 Å². The van der Waals surface area contributed by atoms with Gasteiger partial charge in [0.05, 0.1) is 0 Å². The number of rotatable bonds is 6. The van der Waals surface area contributed by atoms with E-state index in [4.69, 9.17) is 11.6 Å². The van der Waals surface area contributed by atoms with Gasteiger partial charge >= 0.3 is 0 Å². The number of aryl methyl sites for hydroxylation is 1. The molecule has 0 aromatic heterocycles. The molecule has 0 bridgehead atoms. The first-order valence-corrected chi connectivity index (χ1v) is 7.89. The van der Waals surface area contributed by atoms with Crippen molar-refractivity contribution in [2.75, 3.05) is 11.9 Å². The fourth-order valence-electron chi connectivity index (χ4n) is 2.13. The summed E-state index contributed by atoms with van der Waals surface area (Å²) in [5.41, 5.74) is 2.21. The third-order valence-corrected chi connectivity index (χ3v) is 3.55. The summed E-state index contributed by atoms with van der Waals surface area (Å²) in [5, 5.41) is 6.23. The van der Waals surface area contributed by atoms with Crippen LogP contribution in [0.3, 0.4) is 0 Å². The monoisotopic (exact) mass is 330 g/mol. The number of benzene rings is 2. The number of hydrogen-bond donors (Lipinski definition) is 2. The van der Waals surface area contributed by atoms with Crippen molar-refractivity contribution < 1.29 is 9.59 Å². The van der Waals surface area contributed by atoms with Crippen LogP contribution in [0.15, 0.2) is 48.5 Å². The molecule has 0 unspecified atom stereocenters. The minimum atomic E-state index is -0.148. The smallest absolute Gasteiger partial charge is 0.251 e. The van der Waals surface area contributed by atoms with Crippen LogP contribution in [-0.4, -0.2) is 18.4 Å². The van der Waals surface area contributed by atoms with Crippen molar-refractivity contribution in [2.24, 2.45) is 0 Å². The Hall–Kier alpha value is -2.33. The largest absolute Gasteiger partial charge is 0.352 e. The zero-order valence-corrected chi connectivity index (χ0v) is 13.7. The van der Waals surface area contributed by atoms with E-state index < -0.39 is 0 Å². The first-order valence-electron chi connectivity index (χ1n) is 7.51. The quantitative estimate of drug-likeness (QED) is 0.849. The van der Waals surface area contributed by atoms with E-state index in [9.17, 15) is 9.59 Å². The predicted octanol–water partition coefficient (Wildman–Crippen LogP) is 3.66. The lowest BCUT2D eigenvalue weighted by Gasteiger charge is -2.08. The number of amides is 2. The second kappa shape index (κ2) is 8.34. The highest BCUT2D eigenvalue weighted by Gasteiger charge is 2.07. The summed E-state index contributed by atoms with van der Waals surface area (Å²) in [6, 6.07) is 14.3. The SMILES string of the molecule is CCNC(=O)c1cccc(NC(=O)CCc2ccc(Cl)cc2)c1. The van der Waals surface area contributed by atoms with Crippen LogP contribution in [0.1, 0.15) is 29.3 Å². The molecule has 0 heterocycles. The van der Waals surface area contributed by atoms with Crippen LogP contribution >= 0.6 is 11.6 Å². The summed E-state index contributed by atoms with van der Waals surface area (Å²) in [5.74, 6) is -0.238. The van der Waals surface area contributed by atoms with Crippen LogP contribution < -0.4 is 10.6 Å². The van der Waals surface area contributed by atoms with Crippen LogP contribution in [0, 0.1) is 0 Å². The summed E-state index contributed by atoms with van der Waals surface area (Å²) in [7, 11) is 0. The number of hydrogen-bond acceptors (Lipinski definition) is 2. The minimum absolute atomic E-state index is 0.0898. The summed E-state index contributed by atoms with van der Waals surface area (Å²) in [6.45, 7) is 2.43. The van der Waals surface area contributed by atoms with Crippen LogP contribution in [0.4, 0.5) is 5.69 Å². The predicted molar refractivity (Wildman–Crippen MR) is 92.9 cm³/mol. The van der Waals surface area contributed by atoms with E-state index in [1.54, 1.807) is 24.3 Å². The average Bonchev–Trinajstić information content (AvgIpc) is 2.55. The Labute approximate surface area is 140 Å². The number of halogens is 1. The molecule has 0 saturated heterocycles. The van der Waals surface area contributed by atoms with Crippen molar-refractivity contribution in [1.82, 2.24) is 5.32 Å². The standard InChI is InChI=1S/C18H19ClN2O2/c1-2-20-18(23)14-4-3-5-16(12-14)21-17(22)11-8-13-6-9-15(19)10-7-13/h3-7,9-10,12H,2,8,11H2,1H3,(H,20,23)(H,21,22). The second-order valence-electron chi connectivity index (χ2n) is 5.11. The maximum atomic E-state index is 12.0. The zero-order valence-electron chi connectivity index (χ0n) is 12.9.